The summed E-state index contributed by atoms with van der Waals surface area (Å²) in [5, 5.41) is 6.52. The number of amides is 1. The molecule has 1 fully saturated rings. The Balaban J connectivity index is 0.00000392. The first kappa shape index (κ1) is 24.9. The monoisotopic (exact) mass is 520 g/mol. The number of halogens is 1. The molecule has 2 rings (SSSR count). The van der Waals surface area contributed by atoms with Crippen molar-refractivity contribution in [1.29, 1.82) is 0 Å². The number of aliphatic imine (C=N–C) groups is 1. The number of benzene rings is 1. The van der Waals surface area contributed by atoms with Gasteiger partial charge in [-0.15, -0.1) is 24.0 Å². The standard InChI is InChI=1S/C20H32N4O2S.HI/c1-21-19(22-13-14-27(26)15-17-9-5-4-6-10-17)23-16-20(11-7-8-12-20)18(25)24(2)3;/h4-6,9-10H,7-8,11-16H2,1-3H3,(H2,21,22,23);1H. The van der Waals surface area contributed by atoms with Crippen LogP contribution in [0.25, 0.3) is 0 Å². The average molecular weight is 520 g/mol. The van der Waals surface area contributed by atoms with Crippen molar-refractivity contribution in [2.75, 3.05) is 40.0 Å². The maximum absolute atomic E-state index is 12.6. The van der Waals surface area contributed by atoms with E-state index >= 15 is 0 Å². The highest BCUT2D eigenvalue weighted by Gasteiger charge is 2.42. The van der Waals surface area contributed by atoms with Crippen molar-refractivity contribution in [3.05, 3.63) is 35.9 Å². The lowest BCUT2D eigenvalue weighted by molar-refractivity contribution is -0.138. The number of guanidine groups is 1. The van der Waals surface area contributed by atoms with Crippen molar-refractivity contribution in [3.63, 3.8) is 0 Å². The van der Waals surface area contributed by atoms with Crippen molar-refractivity contribution >= 4 is 46.6 Å². The van der Waals surface area contributed by atoms with Crippen LogP contribution >= 0.6 is 24.0 Å². The normalized spacial score (nSPS) is 16.8. The highest BCUT2D eigenvalue weighted by Crippen LogP contribution is 2.38. The number of carbonyl (C=O) groups is 1. The summed E-state index contributed by atoms with van der Waals surface area (Å²) in [4.78, 5) is 18.6. The van der Waals surface area contributed by atoms with E-state index in [9.17, 15) is 9.00 Å². The summed E-state index contributed by atoms with van der Waals surface area (Å²) in [6, 6.07) is 9.87. The van der Waals surface area contributed by atoms with Gasteiger partial charge in [-0.1, -0.05) is 43.2 Å². The Morgan fingerprint density at radius 1 is 1.18 bits per heavy atom. The fourth-order valence-corrected chi connectivity index (χ4v) is 4.62. The number of hydrogen-bond donors (Lipinski definition) is 2. The summed E-state index contributed by atoms with van der Waals surface area (Å²) in [5.74, 6) is 1.96. The van der Waals surface area contributed by atoms with Gasteiger partial charge in [-0.05, 0) is 18.4 Å². The Labute approximate surface area is 188 Å². The van der Waals surface area contributed by atoms with E-state index in [0.29, 0.717) is 30.6 Å². The molecule has 1 saturated carbocycles. The number of rotatable bonds is 8. The van der Waals surface area contributed by atoms with Crippen LogP contribution in [0.2, 0.25) is 0 Å². The highest BCUT2D eigenvalue weighted by molar-refractivity contribution is 14.0. The van der Waals surface area contributed by atoms with Gasteiger partial charge in [-0.2, -0.15) is 0 Å². The average Bonchev–Trinajstić information content (AvgIpc) is 3.14. The summed E-state index contributed by atoms with van der Waals surface area (Å²) in [5.41, 5.74) is 0.751. The molecule has 0 radical (unpaired) electrons. The second-order valence-electron chi connectivity index (χ2n) is 7.31. The van der Waals surface area contributed by atoms with E-state index in [-0.39, 0.29) is 35.3 Å². The minimum atomic E-state index is -0.923. The van der Waals surface area contributed by atoms with Crippen molar-refractivity contribution in [2.45, 2.75) is 31.4 Å². The Morgan fingerprint density at radius 2 is 1.82 bits per heavy atom. The maximum Gasteiger partial charge on any atom is 0.230 e. The van der Waals surface area contributed by atoms with Crippen molar-refractivity contribution in [2.24, 2.45) is 10.4 Å². The fourth-order valence-electron chi connectivity index (χ4n) is 3.58. The van der Waals surface area contributed by atoms with Gasteiger partial charge in [0.15, 0.2) is 5.96 Å². The second kappa shape index (κ2) is 12.4. The van der Waals surface area contributed by atoms with Crippen molar-refractivity contribution in [3.8, 4) is 0 Å². The van der Waals surface area contributed by atoms with E-state index in [1.54, 1.807) is 11.9 Å². The number of nitrogens with zero attached hydrogens (tertiary/aromatic N) is 2. The lowest BCUT2D eigenvalue weighted by atomic mass is 9.84. The molecule has 0 bridgehead atoms. The van der Waals surface area contributed by atoms with Crippen LogP contribution in [0, 0.1) is 5.41 Å². The minimum Gasteiger partial charge on any atom is -0.355 e. The topological polar surface area (TPSA) is 73.8 Å². The molecule has 28 heavy (non-hydrogen) atoms. The Hall–Kier alpha value is -1.16. The Morgan fingerprint density at radius 3 is 2.39 bits per heavy atom. The van der Waals surface area contributed by atoms with E-state index in [2.05, 4.69) is 15.6 Å². The van der Waals surface area contributed by atoms with Crippen LogP contribution in [-0.2, 0) is 21.3 Å². The van der Waals surface area contributed by atoms with Crippen LogP contribution in [0.5, 0.6) is 0 Å². The number of carbonyl (C=O) groups excluding carboxylic acids is 1. The quantitative estimate of drug-likeness (QED) is 0.314. The fraction of sp³-hybridized carbons (Fsp3) is 0.600. The summed E-state index contributed by atoms with van der Waals surface area (Å²) in [6.07, 6.45) is 4.00. The Bertz CT molecular complexity index is 661. The van der Waals surface area contributed by atoms with Crippen molar-refractivity contribution in [1.82, 2.24) is 15.5 Å². The van der Waals surface area contributed by atoms with E-state index in [1.165, 1.54) is 0 Å². The zero-order valence-electron chi connectivity index (χ0n) is 17.1. The number of nitrogens with one attached hydrogen (secondary N) is 2. The SMILES string of the molecule is CN=C(NCCS(=O)Cc1ccccc1)NCC1(C(=O)N(C)C)CCCC1.I. The molecule has 1 aliphatic carbocycles. The third-order valence-corrected chi connectivity index (χ3v) is 6.35. The molecule has 2 N–H and O–H groups in total. The van der Waals surface area contributed by atoms with Gasteiger partial charge in [-0.25, -0.2) is 0 Å². The van der Waals surface area contributed by atoms with Gasteiger partial charge in [0.1, 0.15) is 0 Å². The molecule has 1 aromatic carbocycles. The van der Waals surface area contributed by atoms with Gasteiger partial charge >= 0.3 is 0 Å². The van der Waals surface area contributed by atoms with E-state index < -0.39 is 10.8 Å². The van der Waals surface area contributed by atoms with Gasteiger partial charge in [-0.3, -0.25) is 14.0 Å². The van der Waals surface area contributed by atoms with E-state index in [0.717, 1.165) is 31.2 Å². The zero-order chi connectivity index (χ0) is 19.7. The highest BCUT2D eigenvalue weighted by atomic mass is 127. The van der Waals surface area contributed by atoms with Crippen molar-refractivity contribution < 1.29 is 9.00 Å². The molecule has 1 amide bonds. The third kappa shape index (κ3) is 7.35. The first-order chi connectivity index (χ1) is 13.0. The van der Waals surface area contributed by atoms with Crippen LogP contribution in [0.3, 0.4) is 0 Å². The molecule has 0 aliphatic heterocycles. The van der Waals surface area contributed by atoms with Crippen LogP contribution in [0.15, 0.2) is 35.3 Å². The lowest BCUT2D eigenvalue weighted by Crippen LogP contribution is -2.49. The van der Waals surface area contributed by atoms with Gasteiger partial charge in [0.05, 0.1) is 5.41 Å². The molecule has 1 unspecified atom stereocenters. The zero-order valence-corrected chi connectivity index (χ0v) is 20.2. The largest absolute Gasteiger partial charge is 0.355 e. The van der Waals surface area contributed by atoms with Crippen LogP contribution in [0.1, 0.15) is 31.2 Å². The lowest BCUT2D eigenvalue weighted by Gasteiger charge is -2.31. The Kier molecular flexibility index (Phi) is 11.0. The van der Waals surface area contributed by atoms with Gasteiger partial charge in [0.25, 0.3) is 0 Å². The molecular formula is C20H33IN4O2S. The summed E-state index contributed by atoms with van der Waals surface area (Å²) in [6.45, 7) is 1.16. The minimum absolute atomic E-state index is 0. The molecular weight excluding hydrogens is 487 g/mol. The molecule has 6 nitrogen and oxygen atoms in total. The molecule has 0 saturated heterocycles. The molecule has 1 aliphatic rings. The van der Waals surface area contributed by atoms with Gasteiger partial charge in [0.2, 0.25) is 5.91 Å². The summed E-state index contributed by atoms with van der Waals surface area (Å²) >= 11 is 0. The van der Waals surface area contributed by atoms with Gasteiger partial charge < -0.3 is 15.5 Å². The predicted molar refractivity (Wildman–Crippen MR) is 128 cm³/mol. The first-order valence-corrected chi connectivity index (χ1v) is 11.0. The molecule has 8 heteroatoms. The molecule has 0 aromatic heterocycles. The molecule has 0 heterocycles. The van der Waals surface area contributed by atoms with E-state index in [1.807, 2.05) is 44.4 Å². The maximum atomic E-state index is 12.6. The van der Waals surface area contributed by atoms with Gasteiger partial charge in [0, 0.05) is 56.5 Å². The first-order valence-electron chi connectivity index (χ1n) is 9.52. The molecule has 1 atom stereocenters. The van der Waals surface area contributed by atoms with Crippen LogP contribution in [0.4, 0.5) is 0 Å². The molecule has 1 aromatic rings. The molecule has 158 valence electrons. The molecule has 0 spiro atoms. The second-order valence-corrected chi connectivity index (χ2v) is 8.89. The van der Waals surface area contributed by atoms with E-state index in [4.69, 9.17) is 0 Å². The summed E-state index contributed by atoms with van der Waals surface area (Å²) < 4.78 is 12.2. The number of hydrogen-bond acceptors (Lipinski definition) is 3. The predicted octanol–water partition coefficient (Wildman–Crippen LogP) is 2.37. The third-order valence-electron chi connectivity index (χ3n) is 5.03. The smallest absolute Gasteiger partial charge is 0.230 e. The van der Waals surface area contributed by atoms with Crippen LogP contribution < -0.4 is 10.6 Å². The summed E-state index contributed by atoms with van der Waals surface area (Å²) in [7, 11) is 4.42. The van der Waals surface area contributed by atoms with Crippen LogP contribution in [-0.4, -0.2) is 61.0 Å².